The number of nitrogens with one attached hydrogen (secondary N) is 1. The van der Waals surface area contributed by atoms with E-state index in [9.17, 15) is 0 Å². The van der Waals surface area contributed by atoms with E-state index in [-0.39, 0.29) is 0 Å². The van der Waals surface area contributed by atoms with Crippen molar-refractivity contribution in [3.05, 3.63) is 42.2 Å². The van der Waals surface area contributed by atoms with Crippen LogP contribution >= 0.6 is 0 Å². The fourth-order valence-corrected chi connectivity index (χ4v) is 3.54. The molecule has 4 heteroatoms. The molecule has 2 aromatic rings. The van der Waals surface area contributed by atoms with Crippen molar-refractivity contribution in [2.45, 2.75) is 44.2 Å². The highest BCUT2D eigenvalue weighted by Gasteiger charge is 2.25. The average Bonchev–Trinajstić information content (AvgIpc) is 3.19. The van der Waals surface area contributed by atoms with Gasteiger partial charge in [-0.3, -0.25) is 0 Å². The summed E-state index contributed by atoms with van der Waals surface area (Å²) in [7, 11) is 0. The van der Waals surface area contributed by atoms with Gasteiger partial charge in [0.2, 0.25) is 5.95 Å². The molecule has 0 amide bonds. The molecule has 1 aromatic carbocycles. The van der Waals surface area contributed by atoms with Crippen LogP contribution in [0.3, 0.4) is 0 Å². The summed E-state index contributed by atoms with van der Waals surface area (Å²) in [6, 6.07) is 9.25. The van der Waals surface area contributed by atoms with Crippen LogP contribution in [0.2, 0.25) is 0 Å². The Labute approximate surface area is 125 Å². The maximum Gasteiger partial charge on any atom is 0.203 e. The van der Waals surface area contributed by atoms with Crippen molar-refractivity contribution in [2.75, 3.05) is 11.9 Å². The third kappa shape index (κ3) is 2.39. The second-order valence-corrected chi connectivity index (χ2v) is 5.97. The molecular weight excluding hydrogens is 262 g/mol. The standard InChI is InChI=1S/C17H21N3O/c1-2-6-13(5-1)19-17-18-10-11-20(17)15-9-12-21-16-8-4-3-7-14(15)16/h3-4,7-8,10-11,13,15H,1-2,5-6,9,12H2,(H,18,19). The van der Waals surface area contributed by atoms with E-state index in [1.807, 2.05) is 12.3 Å². The minimum atomic E-state index is 0.321. The Balaban J connectivity index is 1.64. The number of hydrogen-bond acceptors (Lipinski definition) is 3. The van der Waals surface area contributed by atoms with Gasteiger partial charge in [-0.15, -0.1) is 0 Å². The number of para-hydroxylation sites is 1. The summed E-state index contributed by atoms with van der Waals surface area (Å²) >= 11 is 0. The minimum Gasteiger partial charge on any atom is -0.493 e. The highest BCUT2D eigenvalue weighted by Crippen LogP contribution is 2.36. The molecule has 0 saturated heterocycles. The number of nitrogens with zero attached hydrogens (tertiary/aromatic N) is 2. The molecule has 1 N–H and O–H groups in total. The molecule has 1 unspecified atom stereocenters. The molecule has 4 rings (SSSR count). The zero-order chi connectivity index (χ0) is 14.1. The first-order chi connectivity index (χ1) is 10.4. The van der Waals surface area contributed by atoms with Crippen LogP contribution in [0, 0.1) is 0 Å². The van der Waals surface area contributed by atoms with Crippen molar-refractivity contribution in [1.29, 1.82) is 0 Å². The van der Waals surface area contributed by atoms with Gasteiger partial charge in [-0.2, -0.15) is 0 Å². The Morgan fingerprint density at radius 2 is 2.00 bits per heavy atom. The van der Waals surface area contributed by atoms with Gasteiger partial charge in [-0.05, 0) is 18.9 Å². The first-order valence-electron chi connectivity index (χ1n) is 7.93. The normalized spacial score (nSPS) is 21.8. The fourth-order valence-electron chi connectivity index (χ4n) is 3.54. The van der Waals surface area contributed by atoms with Crippen LogP contribution in [0.1, 0.15) is 43.7 Å². The van der Waals surface area contributed by atoms with E-state index in [2.05, 4.69) is 39.3 Å². The number of ether oxygens (including phenoxy) is 1. The van der Waals surface area contributed by atoms with E-state index in [0.717, 1.165) is 24.7 Å². The van der Waals surface area contributed by atoms with Crippen molar-refractivity contribution in [3.63, 3.8) is 0 Å². The molecule has 1 atom stereocenters. The number of benzene rings is 1. The predicted octanol–water partition coefficient (Wildman–Crippen LogP) is 3.61. The zero-order valence-electron chi connectivity index (χ0n) is 12.2. The maximum atomic E-state index is 5.77. The summed E-state index contributed by atoms with van der Waals surface area (Å²) in [5.41, 5.74) is 1.26. The number of fused-ring (bicyclic) bond motifs is 1. The Bertz CT molecular complexity index is 616. The maximum absolute atomic E-state index is 5.77. The molecule has 2 aliphatic rings. The number of hydrogen-bond donors (Lipinski definition) is 1. The van der Waals surface area contributed by atoms with Gasteiger partial charge in [0.1, 0.15) is 5.75 Å². The summed E-state index contributed by atoms with van der Waals surface area (Å²) < 4.78 is 8.05. The quantitative estimate of drug-likeness (QED) is 0.935. The lowest BCUT2D eigenvalue weighted by molar-refractivity contribution is 0.257. The minimum absolute atomic E-state index is 0.321. The molecule has 0 spiro atoms. The van der Waals surface area contributed by atoms with Crippen LogP contribution in [-0.4, -0.2) is 22.2 Å². The third-order valence-corrected chi connectivity index (χ3v) is 4.62. The molecule has 2 heterocycles. The SMILES string of the molecule is c1ccc2c(c1)OCCC2n1ccnc1NC1CCCC1. The number of anilines is 1. The van der Waals surface area contributed by atoms with E-state index in [4.69, 9.17) is 4.74 Å². The van der Waals surface area contributed by atoms with Gasteiger partial charge in [0, 0.05) is 30.4 Å². The average molecular weight is 283 g/mol. The van der Waals surface area contributed by atoms with Crippen LogP contribution in [-0.2, 0) is 0 Å². The molecule has 1 saturated carbocycles. The molecule has 1 aromatic heterocycles. The second-order valence-electron chi connectivity index (χ2n) is 5.97. The van der Waals surface area contributed by atoms with E-state index in [1.165, 1.54) is 31.2 Å². The third-order valence-electron chi connectivity index (χ3n) is 4.62. The number of aromatic nitrogens is 2. The van der Waals surface area contributed by atoms with Crippen molar-refractivity contribution < 1.29 is 4.74 Å². The topological polar surface area (TPSA) is 39.1 Å². The number of imidazole rings is 1. The Morgan fingerprint density at radius 3 is 2.90 bits per heavy atom. The Hall–Kier alpha value is -1.97. The van der Waals surface area contributed by atoms with E-state index in [1.54, 1.807) is 0 Å². The van der Waals surface area contributed by atoms with Crippen LogP contribution in [0.5, 0.6) is 5.75 Å². The Morgan fingerprint density at radius 1 is 1.14 bits per heavy atom. The Kier molecular flexibility index (Phi) is 3.30. The fraction of sp³-hybridized carbons (Fsp3) is 0.471. The van der Waals surface area contributed by atoms with Crippen molar-refractivity contribution in [2.24, 2.45) is 0 Å². The van der Waals surface area contributed by atoms with Crippen LogP contribution in [0.15, 0.2) is 36.7 Å². The van der Waals surface area contributed by atoms with E-state index >= 15 is 0 Å². The lowest BCUT2D eigenvalue weighted by Gasteiger charge is -2.28. The van der Waals surface area contributed by atoms with Gasteiger partial charge in [-0.1, -0.05) is 31.0 Å². The van der Waals surface area contributed by atoms with Crippen LogP contribution < -0.4 is 10.1 Å². The van der Waals surface area contributed by atoms with Crippen molar-refractivity contribution >= 4 is 5.95 Å². The van der Waals surface area contributed by atoms with Crippen molar-refractivity contribution in [3.8, 4) is 5.75 Å². The highest BCUT2D eigenvalue weighted by molar-refractivity contribution is 5.40. The van der Waals surface area contributed by atoms with Gasteiger partial charge in [0.15, 0.2) is 0 Å². The lowest BCUT2D eigenvalue weighted by atomic mass is 10.0. The summed E-state index contributed by atoms with van der Waals surface area (Å²) in [5, 5.41) is 3.63. The van der Waals surface area contributed by atoms with E-state index < -0.39 is 0 Å². The molecule has 21 heavy (non-hydrogen) atoms. The van der Waals surface area contributed by atoms with Crippen LogP contribution in [0.4, 0.5) is 5.95 Å². The van der Waals surface area contributed by atoms with Crippen molar-refractivity contribution in [1.82, 2.24) is 9.55 Å². The molecule has 1 aliphatic carbocycles. The lowest BCUT2D eigenvalue weighted by Crippen LogP contribution is -2.24. The molecule has 1 fully saturated rings. The molecule has 4 nitrogen and oxygen atoms in total. The van der Waals surface area contributed by atoms with Crippen LogP contribution in [0.25, 0.3) is 0 Å². The summed E-state index contributed by atoms with van der Waals surface area (Å²) in [4.78, 5) is 4.54. The summed E-state index contributed by atoms with van der Waals surface area (Å²) in [6.45, 7) is 0.767. The first kappa shape index (κ1) is 12.7. The monoisotopic (exact) mass is 283 g/mol. The second kappa shape index (κ2) is 5.43. The molecular formula is C17H21N3O. The first-order valence-corrected chi connectivity index (χ1v) is 7.93. The zero-order valence-corrected chi connectivity index (χ0v) is 12.2. The molecule has 0 radical (unpaired) electrons. The van der Waals surface area contributed by atoms with Gasteiger partial charge in [0.25, 0.3) is 0 Å². The highest BCUT2D eigenvalue weighted by atomic mass is 16.5. The number of rotatable bonds is 3. The molecule has 110 valence electrons. The van der Waals surface area contributed by atoms with Gasteiger partial charge in [0.05, 0.1) is 12.6 Å². The van der Waals surface area contributed by atoms with Gasteiger partial charge >= 0.3 is 0 Å². The van der Waals surface area contributed by atoms with Gasteiger partial charge < -0.3 is 14.6 Å². The smallest absolute Gasteiger partial charge is 0.203 e. The summed E-state index contributed by atoms with van der Waals surface area (Å²) in [5.74, 6) is 2.01. The van der Waals surface area contributed by atoms with E-state index in [0.29, 0.717) is 12.1 Å². The predicted molar refractivity (Wildman–Crippen MR) is 82.8 cm³/mol. The molecule has 0 bridgehead atoms. The van der Waals surface area contributed by atoms with Gasteiger partial charge in [-0.25, -0.2) is 4.98 Å². The summed E-state index contributed by atoms with van der Waals surface area (Å²) in [6.07, 6.45) is 10.2. The largest absolute Gasteiger partial charge is 0.493 e. The molecule has 1 aliphatic heterocycles.